The molecule has 13 nitrogen and oxygen atoms in total. The number of carbonyl (C=O) groups is 3. The fraction of sp³-hybridized carbons (Fsp3) is 0.485. The summed E-state index contributed by atoms with van der Waals surface area (Å²) in [5.41, 5.74) is 0.232. The van der Waals surface area contributed by atoms with Gasteiger partial charge in [0.2, 0.25) is 5.92 Å². The van der Waals surface area contributed by atoms with Crippen molar-refractivity contribution in [2.45, 2.75) is 89.7 Å². The predicted molar refractivity (Wildman–Crippen MR) is 181 cm³/mol. The van der Waals surface area contributed by atoms with Crippen LogP contribution < -0.4 is 14.9 Å². The number of aryl methyl sites for hydroxylation is 1. The number of rotatable bonds is 6. The van der Waals surface area contributed by atoms with Crippen molar-refractivity contribution in [1.82, 2.24) is 19.5 Å². The Kier molecular flexibility index (Phi) is 10.7. The van der Waals surface area contributed by atoms with Crippen LogP contribution in [0.15, 0.2) is 52.1 Å². The van der Waals surface area contributed by atoms with Gasteiger partial charge in [-0.3, -0.25) is 9.48 Å². The van der Waals surface area contributed by atoms with E-state index in [4.69, 9.17) is 9.47 Å². The molecule has 0 spiro atoms. The number of carbonyl (C=O) groups excluding carboxylic acids is 3. The number of hydrogen-bond acceptors (Lipinski definition) is 9. The van der Waals surface area contributed by atoms with Crippen LogP contribution in [0, 0.1) is 6.92 Å². The summed E-state index contributed by atoms with van der Waals surface area (Å²) in [7, 11) is -2.30. The lowest BCUT2D eigenvalue weighted by atomic mass is 9.99. The van der Waals surface area contributed by atoms with Crippen LogP contribution >= 0.6 is 0 Å². The van der Waals surface area contributed by atoms with E-state index < -0.39 is 45.1 Å². The standard InChI is InChI=1S/C33H43F2N7O6S/c1-21-25(22-18-37-41(8)20-22)19-36-27(42-15-10-13-33(34,35)14-16-42)26(21)28(43)38-23-11-9-12-24(17-23)49(46,39-29(44)47-31(2,3)4)40-30(45)48-32(5,6)7/h9,11-12,17-20H,10,13-16H2,1-8H3,(H,38,43)(H,39,40,44,45,46). The van der Waals surface area contributed by atoms with Gasteiger partial charge in [-0.15, -0.1) is 4.36 Å². The van der Waals surface area contributed by atoms with Gasteiger partial charge in [0.1, 0.15) is 17.0 Å². The van der Waals surface area contributed by atoms with Gasteiger partial charge in [-0.1, -0.05) is 6.07 Å². The summed E-state index contributed by atoms with van der Waals surface area (Å²) in [6.07, 6.45) is 2.26. The van der Waals surface area contributed by atoms with Crippen LogP contribution in [0.1, 0.15) is 76.7 Å². The number of hydrogen-bond donors (Lipinski definition) is 2. The second-order valence-corrected chi connectivity index (χ2v) is 15.7. The Labute approximate surface area is 285 Å². The SMILES string of the molecule is Cc1c(-c2cnn(C)c2)cnc(N2CCCC(F)(F)CC2)c1C(=O)Nc1cccc(S(=O)(=NC(=O)OC(C)(C)C)NC(=O)OC(C)(C)C)c1. The molecular formula is C33H43F2N7O6S. The molecule has 49 heavy (non-hydrogen) atoms. The van der Waals surface area contributed by atoms with E-state index in [0.29, 0.717) is 16.7 Å². The molecule has 1 fully saturated rings. The van der Waals surface area contributed by atoms with E-state index in [2.05, 4.69) is 24.5 Å². The number of nitrogens with zero attached hydrogens (tertiary/aromatic N) is 5. The fourth-order valence-corrected chi connectivity index (χ4v) is 6.43. The molecule has 0 saturated carbocycles. The minimum Gasteiger partial charge on any atom is -0.443 e. The van der Waals surface area contributed by atoms with Gasteiger partial charge in [-0.05, 0) is 78.6 Å². The molecule has 2 N–H and O–H groups in total. The van der Waals surface area contributed by atoms with Crippen molar-refractivity contribution in [2.75, 3.05) is 23.3 Å². The average molecular weight is 704 g/mol. The summed E-state index contributed by atoms with van der Waals surface area (Å²) >= 11 is 0. The predicted octanol–water partition coefficient (Wildman–Crippen LogP) is 6.87. The van der Waals surface area contributed by atoms with Crippen molar-refractivity contribution in [3.05, 3.63) is 54.0 Å². The highest BCUT2D eigenvalue weighted by molar-refractivity contribution is 7.92. The number of benzene rings is 1. The summed E-state index contributed by atoms with van der Waals surface area (Å²) in [6.45, 7) is 11.6. The number of nitrogens with one attached hydrogen (secondary N) is 2. The van der Waals surface area contributed by atoms with Gasteiger partial charge in [0.25, 0.3) is 5.91 Å². The third kappa shape index (κ3) is 9.96. The molecule has 1 atom stereocenters. The van der Waals surface area contributed by atoms with Crippen molar-refractivity contribution in [2.24, 2.45) is 11.4 Å². The molecule has 2 aromatic heterocycles. The lowest BCUT2D eigenvalue weighted by Crippen LogP contribution is -2.37. The minimum absolute atomic E-state index is 0.00793. The first-order valence-corrected chi connectivity index (χ1v) is 17.2. The lowest BCUT2D eigenvalue weighted by molar-refractivity contribution is -0.0102. The zero-order valence-corrected chi connectivity index (χ0v) is 29.7. The van der Waals surface area contributed by atoms with Crippen LogP contribution in [0.5, 0.6) is 0 Å². The first-order chi connectivity index (χ1) is 22.6. The van der Waals surface area contributed by atoms with Crippen LogP contribution in [0.3, 0.4) is 0 Å². The Morgan fingerprint density at radius 3 is 2.35 bits per heavy atom. The summed E-state index contributed by atoms with van der Waals surface area (Å²) in [6, 6.07) is 5.64. The molecule has 0 bridgehead atoms. The zero-order valence-electron chi connectivity index (χ0n) is 28.9. The Balaban J connectivity index is 1.76. The van der Waals surface area contributed by atoms with E-state index in [9.17, 15) is 27.4 Å². The molecule has 4 rings (SSSR count). The number of halogens is 2. The van der Waals surface area contributed by atoms with Crippen LogP contribution in [0.2, 0.25) is 0 Å². The lowest BCUT2D eigenvalue weighted by Gasteiger charge is -2.26. The van der Waals surface area contributed by atoms with Gasteiger partial charge >= 0.3 is 12.2 Å². The number of ether oxygens (including phenoxy) is 2. The van der Waals surface area contributed by atoms with Crippen molar-refractivity contribution in [1.29, 1.82) is 0 Å². The Hall–Kier alpha value is -4.60. The highest BCUT2D eigenvalue weighted by atomic mass is 32.2. The maximum absolute atomic E-state index is 14.3. The first kappa shape index (κ1) is 37.2. The summed E-state index contributed by atoms with van der Waals surface area (Å²) in [4.78, 5) is 45.7. The molecule has 0 radical (unpaired) electrons. The summed E-state index contributed by atoms with van der Waals surface area (Å²) in [5.74, 6) is -3.20. The largest absolute Gasteiger partial charge is 0.444 e. The van der Waals surface area contributed by atoms with E-state index >= 15 is 0 Å². The Morgan fingerprint density at radius 1 is 1.02 bits per heavy atom. The molecule has 0 aliphatic carbocycles. The zero-order chi connectivity index (χ0) is 36.4. The van der Waals surface area contributed by atoms with E-state index in [-0.39, 0.29) is 54.3 Å². The van der Waals surface area contributed by atoms with Crippen molar-refractivity contribution in [3.63, 3.8) is 0 Å². The molecule has 3 heterocycles. The first-order valence-electron chi connectivity index (χ1n) is 15.7. The van der Waals surface area contributed by atoms with E-state index in [0.717, 1.165) is 0 Å². The molecule has 1 aliphatic rings. The molecule has 3 aromatic rings. The topological polar surface area (TPSA) is 157 Å². The molecule has 3 amide bonds. The summed E-state index contributed by atoms with van der Waals surface area (Å²) in [5, 5.41) is 7.00. The highest BCUT2D eigenvalue weighted by Crippen LogP contribution is 2.35. The van der Waals surface area contributed by atoms with Gasteiger partial charge in [0.05, 0.1) is 16.7 Å². The summed E-state index contributed by atoms with van der Waals surface area (Å²) < 4.78 is 60.8. The van der Waals surface area contributed by atoms with E-state index in [1.807, 2.05) is 0 Å². The second kappa shape index (κ2) is 14.1. The quantitative estimate of drug-likeness (QED) is 0.280. The second-order valence-electron chi connectivity index (χ2n) is 13.8. The molecule has 1 aromatic carbocycles. The van der Waals surface area contributed by atoms with Crippen LogP contribution in [-0.4, -0.2) is 67.3 Å². The molecule has 1 aliphatic heterocycles. The van der Waals surface area contributed by atoms with Crippen LogP contribution in [0.4, 0.5) is 29.9 Å². The smallest absolute Gasteiger partial charge is 0.443 e. The number of anilines is 2. The minimum atomic E-state index is -4.05. The molecule has 266 valence electrons. The maximum atomic E-state index is 14.3. The van der Waals surface area contributed by atoms with Crippen molar-refractivity contribution < 1.29 is 36.8 Å². The van der Waals surface area contributed by atoms with Crippen LogP contribution in [-0.2, 0) is 26.4 Å². The Bertz CT molecular complexity index is 1860. The number of amides is 3. The van der Waals surface area contributed by atoms with Gasteiger partial charge in [-0.25, -0.2) is 32.3 Å². The van der Waals surface area contributed by atoms with Crippen LogP contribution in [0.25, 0.3) is 11.1 Å². The van der Waals surface area contributed by atoms with E-state index in [1.165, 1.54) is 24.3 Å². The van der Waals surface area contributed by atoms with Gasteiger partial charge in [-0.2, -0.15) is 5.10 Å². The Morgan fingerprint density at radius 2 is 1.71 bits per heavy atom. The number of pyridine rings is 1. The van der Waals surface area contributed by atoms with Crippen molar-refractivity contribution in [3.8, 4) is 11.1 Å². The number of alkyl halides is 2. The fourth-order valence-electron chi connectivity index (χ4n) is 5.10. The van der Waals surface area contributed by atoms with Gasteiger partial charge in [0.15, 0.2) is 9.92 Å². The normalized spacial score (nSPS) is 16.2. The monoisotopic (exact) mass is 703 g/mol. The molecule has 16 heteroatoms. The molecule has 1 saturated heterocycles. The number of aromatic nitrogens is 3. The third-order valence-corrected chi connectivity index (χ3v) is 8.95. The van der Waals surface area contributed by atoms with Crippen molar-refractivity contribution >= 4 is 39.5 Å². The molecule has 1 unspecified atom stereocenters. The molecular weight excluding hydrogens is 660 g/mol. The maximum Gasteiger partial charge on any atom is 0.444 e. The highest BCUT2D eigenvalue weighted by Gasteiger charge is 2.34. The van der Waals surface area contributed by atoms with E-state index in [1.54, 1.807) is 83.7 Å². The average Bonchev–Trinajstić information content (AvgIpc) is 3.29. The third-order valence-electron chi connectivity index (χ3n) is 7.21. The van der Waals surface area contributed by atoms with Gasteiger partial charge < -0.3 is 19.7 Å². The van der Waals surface area contributed by atoms with Gasteiger partial charge in [0, 0.05) is 62.2 Å².